The van der Waals surface area contributed by atoms with Gasteiger partial charge in [-0.2, -0.15) is 0 Å². The molecule has 1 aromatic carbocycles. The van der Waals surface area contributed by atoms with Gasteiger partial charge < -0.3 is 14.2 Å². The Hall–Kier alpha value is -2.04. The van der Waals surface area contributed by atoms with Gasteiger partial charge in [-0.1, -0.05) is 12.1 Å². The van der Waals surface area contributed by atoms with Crippen LogP contribution in [0.4, 0.5) is 0 Å². The average Bonchev–Trinajstić information content (AvgIpc) is 2.50. The van der Waals surface area contributed by atoms with Crippen molar-refractivity contribution >= 4 is 17.0 Å². The van der Waals surface area contributed by atoms with Crippen molar-refractivity contribution in [1.29, 1.82) is 5.41 Å². The maximum absolute atomic E-state index is 10.5. The highest BCUT2D eigenvalue weighted by atomic mass is 16.4. The van der Waals surface area contributed by atoms with E-state index < -0.39 is 5.97 Å². The summed E-state index contributed by atoms with van der Waals surface area (Å²) in [5.41, 5.74) is 2.16. The van der Waals surface area contributed by atoms with Gasteiger partial charge in [0.25, 0.3) is 0 Å². The molecule has 0 aliphatic rings. The van der Waals surface area contributed by atoms with Crippen LogP contribution in [-0.2, 0) is 18.4 Å². The quantitative estimate of drug-likeness (QED) is 0.806. The Bertz CT molecular complexity index is 595. The SMILES string of the molecule is Cn1c(=N)n(CCC(=O)O)c2ccccc21. The van der Waals surface area contributed by atoms with Crippen molar-refractivity contribution in [3.8, 4) is 0 Å². The minimum absolute atomic E-state index is 0.0323. The number of benzene rings is 1. The molecule has 16 heavy (non-hydrogen) atoms. The van der Waals surface area contributed by atoms with Crippen LogP contribution in [0.3, 0.4) is 0 Å². The lowest BCUT2D eigenvalue weighted by atomic mass is 10.3. The predicted octanol–water partition coefficient (Wildman–Crippen LogP) is 0.934. The number of carboxylic acid groups (broad SMARTS) is 1. The average molecular weight is 219 g/mol. The monoisotopic (exact) mass is 219 g/mol. The Balaban J connectivity index is 2.55. The molecule has 1 aromatic heterocycles. The number of aryl methyl sites for hydroxylation is 2. The summed E-state index contributed by atoms with van der Waals surface area (Å²) in [7, 11) is 1.81. The van der Waals surface area contributed by atoms with Crippen LogP contribution in [0.15, 0.2) is 24.3 Å². The lowest BCUT2D eigenvalue weighted by Crippen LogP contribution is -2.23. The third kappa shape index (κ3) is 1.60. The lowest BCUT2D eigenvalue weighted by Gasteiger charge is -2.00. The molecule has 5 heteroatoms. The number of aliphatic carboxylic acids is 1. The van der Waals surface area contributed by atoms with Gasteiger partial charge in [0.2, 0.25) is 5.62 Å². The van der Waals surface area contributed by atoms with Crippen molar-refractivity contribution in [3.63, 3.8) is 0 Å². The van der Waals surface area contributed by atoms with Gasteiger partial charge >= 0.3 is 5.97 Å². The van der Waals surface area contributed by atoms with E-state index in [0.717, 1.165) is 11.0 Å². The highest BCUT2D eigenvalue weighted by molar-refractivity contribution is 5.76. The molecule has 1 heterocycles. The number of carbonyl (C=O) groups is 1. The van der Waals surface area contributed by atoms with E-state index in [2.05, 4.69) is 0 Å². The Morgan fingerprint density at radius 1 is 1.38 bits per heavy atom. The van der Waals surface area contributed by atoms with E-state index in [1.54, 1.807) is 9.13 Å². The molecule has 5 nitrogen and oxygen atoms in total. The fourth-order valence-electron chi connectivity index (χ4n) is 1.82. The zero-order valence-electron chi connectivity index (χ0n) is 8.97. The second-order valence-corrected chi connectivity index (χ2v) is 3.67. The molecule has 0 aliphatic carbocycles. The number of carboxylic acids is 1. The predicted molar refractivity (Wildman–Crippen MR) is 59.0 cm³/mol. The van der Waals surface area contributed by atoms with E-state index >= 15 is 0 Å². The molecular weight excluding hydrogens is 206 g/mol. The van der Waals surface area contributed by atoms with Gasteiger partial charge in [0.1, 0.15) is 0 Å². The second-order valence-electron chi connectivity index (χ2n) is 3.67. The van der Waals surface area contributed by atoms with E-state index in [1.165, 1.54) is 0 Å². The number of nitrogens with one attached hydrogen (secondary N) is 1. The first-order chi connectivity index (χ1) is 7.61. The number of aromatic nitrogens is 2. The van der Waals surface area contributed by atoms with Crippen molar-refractivity contribution in [3.05, 3.63) is 29.9 Å². The van der Waals surface area contributed by atoms with Gasteiger partial charge in [-0.25, -0.2) is 0 Å². The van der Waals surface area contributed by atoms with E-state index in [4.69, 9.17) is 10.5 Å². The number of para-hydroxylation sites is 2. The number of rotatable bonds is 3. The van der Waals surface area contributed by atoms with Crippen LogP contribution < -0.4 is 5.62 Å². The van der Waals surface area contributed by atoms with Gasteiger partial charge in [0.15, 0.2) is 0 Å². The van der Waals surface area contributed by atoms with Crippen LogP contribution in [0.5, 0.6) is 0 Å². The Kier molecular flexibility index (Phi) is 2.52. The third-order valence-corrected chi connectivity index (χ3v) is 2.66. The summed E-state index contributed by atoms with van der Waals surface area (Å²) in [4.78, 5) is 10.5. The van der Waals surface area contributed by atoms with E-state index in [-0.39, 0.29) is 6.42 Å². The molecule has 0 amide bonds. The van der Waals surface area contributed by atoms with Crippen LogP contribution in [0, 0.1) is 5.41 Å². The highest BCUT2D eigenvalue weighted by Crippen LogP contribution is 2.11. The maximum Gasteiger partial charge on any atom is 0.305 e. The minimum atomic E-state index is -0.847. The Morgan fingerprint density at radius 3 is 2.62 bits per heavy atom. The molecule has 84 valence electrons. The van der Waals surface area contributed by atoms with E-state index in [9.17, 15) is 4.79 Å². The van der Waals surface area contributed by atoms with Crippen molar-refractivity contribution in [2.45, 2.75) is 13.0 Å². The Labute approximate surface area is 92.1 Å². The smallest absolute Gasteiger partial charge is 0.305 e. The fourth-order valence-corrected chi connectivity index (χ4v) is 1.82. The Morgan fingerprint density at radius 2 is 2.00 bits per heavy atom. The van der Waals surface area contributed by atoms with Crippen molar-refractivity contribution in [1.82, 2.24) is 9.13 Å². The summed E-state index contributed by atoms with van der Waals surface area (Å²) in [5.74, 6) is -0.847. The molecule has 2 aromatic rings. The fraction of sp³-hybridized carbons (Fsp3) is 0.273. The second kappa shape index (κ2) is 3.84. The standard InChI is InChI=1S/C11H13N3O2/c1-13-8-4-2-3-5-9(8)14(11(13)12)7-6-10(15)16/h2-5,12H,6-7H2,1H3,(H,15,16). The molecule has 0 aliphatic heterocycles. The number of fused-ring (bicyclic) bond motifs is 1. The first-order valence-electron chi connectivity index (χ1n) is 5.02. The summed E-state index contributed by atoms with van der Waals surface area (Å²) in [6.07, 6.45) is 0.0323. The van der Waals surface area contributed by atoms with E-state index in [1.807, 2.05) is 31.3 Å². The largest absolute Gasteiger partial charge is 0.481 e. The topological polar surface area (TPSA) is 71.0 Å². The van der Waals surface area contributed by atoms with Crippen LogP contribution in [0.25, 0.3) is 11.0 Å². The molecule has 0 atom stereocenters. The molecule has 0 bridgehead atoms. The number of imidazole rings is 1. The van der Waals surface area contributed by atoms with Crippen molar-refractivity contribution in [2.75, 3.05) is 0 Å². The summed E-state index contributed by atoms with van der Waals surface area (Å²) >= 11 is 0. The van der Waals surface area contributed by atoms with Crippen LogP contribution in [-0.4, -0.2) is 20.2 Å². The summed E-state index contributed by atoms with van der Waals surface area (Å²) in [6, 6.07) is 7.61. The van der Waals surface area contributed by atoms with Crippen molar-refractivity contribution in [2.24, 2.45) is 7.05 Å². The summed E-state index contributed by atoms with van der Waals surface area (Å²) in [6.45, 7) is 0.329. The third-order valence-electron chi connectivity index (χ3n) is 2.66. The maximum atomic E-state index is 10.5. The van der Waals surface area contributed by atoms with E-state index in [0.29, 0.717) is 12.2 Å². The van der Waals surface area contributed by atoms with Gasteiger partial charge in [0, 0.05) is 13.6 Å². The van der Waals surface area contributed by atoms with Crippen LogP contribution >= 0.6 is 0 Å². The summed E-state index contributed by atoms with van der Waals surface area (Å²) < 4.78 is 3.46. The first kappa shape index (κ1) is 10.5. The zero-order valence-corrected chi connectivity index (χ0v) is 8.97. The van der Waals surface area contributed by atoms with Gasteiger partial charge in [-0.15, -0.1) is 0 Å². The molecule has 0 spiro atoms. The van der Waals surface area contributed by atoms with Crippen molar-refractivity contribution < 1.29 is 9.90 Å². The van der Waals surface area contributed by atoms with Gasteiger partial charge in [-0.3, -0.25) is 10.2 Å². The molecule has 0 saturated carbocycles. The zero-order chi connectivity index (χ0) is 11.7. The highest BCUT2D eigenvalue weighted by Gasteiger charge is 2.08. The number of hydrogen-bond donors (Lipinski definition) is 2. The first-order valence-corrected chi connectivity index (χ1v) is 5.02. The van der Waals surface area contributed by atoms with Crippen LogP contribution in [0.2, 0.25) is 0 Å². The minimum Gasteiger partial charge on any atom is -0.481 e. The molecule has 2 N–H and O–H groups in total. The van der Waals surface area contributed by atoms with Crippen LogP contribution in [0.1, 0.15) is 6.42 Å². The lowest BCUT2D eigenvalue weighted by molar-refractivity contribution is -0.137. The number of hydrogen-bond acceptors (Lipinski definition) is 2. The summed E-state index contributed by atoms with van der Waals surface area (Å²) in [5, 5.41) is 16.6. The molecule has 0 radical (unpaired) electrons. The normalized spacial score (nSPS) is 10.8. The van der Waals surface area contributed by atoms with Gasteiger partial charge in [-0.05, 0) is 12.1 Å². The number of nitrogens with zero attached hydrogens (tertiary/aromatic N) is 2. The molecule has 0 fully saturated rings. The van der Waals surface area contributed by atoms with Gasteiger partial charge in [0.05, 0.1) is 17.5 Å². The molecule has 2 rings (SSSR count). The molecule has 0 unspecified atom stereocenters. The molecule has 0 saturated heterocycles. The molecular formula is C11H13N3O2.